The fourth-order valence-corrected chi connectivity index (χ4v) is 10.3. The molecule has 3 heterocycles. The Hall–Kier alpha value is -8.93. The molecule has 320 valence electrons. The van der Waals surface area contributed by atoms with Gasteiger partial charge in [0, 0.05) is 49.7 Å². The summed E-state index contributed by atoms with van der Waals surface area (Å²) in [7, 11) is 0. The summed E-state index contributed by atoms with van der Waals surface area (Å²) >= 11 is 0. The second-order valence-corrected chi connectivity index (χ2v) is 17.5. The molecular formula is C63H43N5. The Morgan fingerprint density at radius 2 is 0.809 bits per heavy atom. The number of benzene rings is 9. The highest BCUT2D eigenvalue weighted by Crippen LogP contribution is 2.41. The van der Waals surface area contributed by atoms with E-state index in [1.54, 1.807) is 0 Å². The predicted octanol–water partition coefficient (Wildman–Crippen LogP) is 15.9. The van der Waals surface area contributed by atoms with Gasteiger partial charge in [-0.15, -0.1) is 0 Å². The van der Waals surface area contributed by atoms with Crippen LogP contribution in [0.5, 0.6) is 0 Å². The first-order valence-electron chi connectivity index (χ1n) is 23.3. The number of rotatable bonds is 8. The molecule has 13 rings (SSSR count). The third kappa shape index (κ3) is 6.75. The molecular weight excluding hydrogens is 827 g/mol. The summed E-state index contributed by atoms with van der Waals surface area (Å²) in [5.41, 5.74) is 17.7. The van der Waals surface area contributed by atoms with Gasteiger partial charge in [0.05, 0.1) is 27.9 Å². The molecule has 3 aromatic heterocycles. The SMILES string of the molecule is C1=Cc2c(c3ccccc3n2-c2ccc(-c3nc(-c4cccc(-c5ccccc5)c4)nc(-c4ccc(-c5ccccc5)c(-n5c6ccccc6c6ccccc65)c4)n3)cc2-c2ccccc2)CC1. The lowest BCUT2D eigenvalue weighted by Crippen LogP contribution is -2.04. The van der Waals surface area contributed by atoms with Crippen LogP contribution < -0.4 is 0 Å². The van der Waals surface area contributed by atoms with Gasteiger partial charge in [-0.3, -0.25) is 0 Å². The maximum absolute atomic E-state index is 5.43. The zero-order valence-electron chi connectivity index (χ0n) is 37.2. The van der Waals surface area contributed by atoms with Crippen molar-refractivity contribution in [1.82, 2.24) is 24.1 Å². The van der Waals surface area contributed by atoms with Crippen LogP contribution in [0, 0.1) is 0 Å². The van der Waals surface area contributed by atoms with Crippen LogP contribution in [0.1, 0.15) is 17.7 Å². The molecule has 0 spiro atoms. The van der Waals surface area contributed by atoms with Gasteiger partial charge in [-0.1, -0.05) is 182 Å². The third-order valence-electron chi connectivity index (χ3n) is 13.5. The van der Waals surface area contributed by atoms with E-state index < -0.39 is 0 Å². The van der Waals surface area contributed by atoms with Gasteiger partial charge in [-0.05, 0) is 95.3 Å². The summed E-state index contributed by atoms with van der Waals surface area (Å²) in [4.78, 5) is 16.1. The van der Waals surface area contributed by atoms with E-state index in [9.17, 15) is 0 Å². The molecule has 5 heteroatoms. The predicted molar refractivity (Wildman–Crippen MR) is 281 cm³/mol. The molecule has 0 amide bonds. The van der Waals surface area contributed by atoms with Crippen molar-refractivity contribution >= 4 is 38.8 Å². The molecule has 68 heavy (non-hydrogen) atoms. The topological polar surface area (TPSA) is 48.5 Å². The minimum Gasteiger partial charge on any atom is -0.309 e. The number of hydrogen-bond donors (Lipinski definition) is 0. The van der Waals surface area contributed by atoms with Crippen LogP contribution in [0.3, 0.4) is 0 Å². The molecule has 0 unspecified atom stereocenters. The molecule has 5 nitrogen and oxygen atoms in total. The van der Waals surface area contributed by atoms with E-state index >= 15 is 0 Å². The average Bonchev–Trinajstić information content (AvgIpc) is 3.94. The maximum Gasteiger partial charge on any atom is 0.164 e. The first-order valence-corrected chi connectivity index (χ1v) is 23.3. The van der Waals surface area contributed by atoms with Crippen LogP contribution in [0.2, 0.25) is 0 Å². The van der Waals surface area contributed by atoms with Gasteiger partial charge < -0.3 is 9.13 Å². The molecule has 1 aliphatic rings. The molecule has 0 N–H and O–H groups in total. The molecule has 0 atom stereocenters. The molecule has 0 radical (unpaired) electrons. The molecule has 1 aliphatic carbocycles. The van der Waals surface area contributed by atoms with Crippen molar-refractivity contribution in [3.63, 3.8) is 0 Å². The molecule has 0 fully saturated rings. The fraction of sp³-hybridized carbons (Fsp3) is 0.0317. The van der Waals surface area contributed by atoms with Crippen molar-refractivity contribution in [2.45, 2.75) is 12.8 Å². The zero-order valence-corrected chi connectivity index (χ0v) is 37.2. The monoisotopic (exact) mass is 869 g/mol. The van der Waals surface area contributed by atoms with Crippen LogP contribution in [-0.4, -0.2) is 24.1 Å². The minimum absolute atomic E-state index is 0.595. The molecule has 0 aliphatic heterocycles. The van der Waals surface area contributed by atoms with Crippen molar-refractivity contribution in [2.24, 2.45) is 0 Å². The van der Waals surface area contributed by atoms with Gasteiger partial charge in [0.2, 0.25) is 0 Å². The van der Waals surface area contributed by atoms with E-state index in [2.05, 4.69) is 240 Å². The number of aryl methyl sites for hydroxylation is 1. The summed E-state index contributed by atoms with van der Waals surface area (Å²) in [5, 5.41) is 3.72. The number of fused-ring (bicyclic) bond motifs is 6. The van der Waals surface area contributed by atoms with Crippen molar-refractivity contribution in [3.05, 3.63) is 242 Å². The van der Waals surface area contributed by atoms with Crippen LogP contribution in [-0.2, 0) is 6.42 Å². The van der Waals surface area contributed by atoms with Crippen LogP contribution in [0.25, 0.3) is 118 Å². The average molecular weight is 870 g/mol. The van der Waals surface area contributed by atoms with Crippen molar-refractivity contribution < 1.29 is 0 Å². The van der Waals surface area contributed by atoms with Gasteiger partial charge in [-0.25, -0.2) is 15.0 Å². The molecule has 12 aromatic rings. The highest BCUT2D eigenvalue weighted by molar-refractivity contribution is 6.10. The second kappa shape index (κ2) is 16.5. The number of allylic oxidation sites excluding steroid dienone is 1. The van der Waals surface area contributed by atoms with E-state index in [0.29, 0.717) is 17.5 Å². The van der Waals surface area contributed by atoms with Crippen molar-refractivity contribution in [1.29, 1.82) is 0 Å². The summed E-state index contributed by atoms with van der Waals surface area (Å²) < 4.78 is 4.84. The lowest BCUT2D eigenvalue weighted by atomic mass is 9.99. The second-order valence-electron chi connectivity index (χ2n) is 17.5. The normalized spacial score (nSPS) is 12.2. The number of hydrogen-bond acceptors (Lipinski definition) is 3. The highest BCUT2D eigenvalue weighted by Gasteiger charge is 2.23. The van der Waals surface area contributed by atoms with Gasteiger partial charge in [0.15, 0.2) is 17.5 Å². The van der Waals surface area contributed by atoms with E-state index in [0.717, 1.165) is 85.3 Å². The molecule has 0 saturated heterocycles. The Morgan fingerprint density at radius 1 is 0.324 bits per heavy atom. The van der Waals surface area contributed by atoms with E-state index in [4.69, 9.17) is 15.0 Å². The summed E-state index contributed by atoms with van der Waals surface area (Å²) in [5.74, 6) is 1.80. The third-order valence-corrected chi connectivity index (χ3v) is 13.5. The lowest BCUT2D eigenvalue weighted by molar-refractivity contribution is 0.968. The number of para-hydroxylation sites is 3. The van der Waals surface area contributed by atoms with Gasteiger partial charge >= 0.3 is 0 Å². The van der Waals surface area contributed by atoms with Crippen molar-refractivity contribution in [3.8, 4) is 78.9 Å². The number of nitrogens with zero attached hydrogens (tertiary/aromatic N) is 5. The lowest BCUT2D eigenvalue weighted by Gasteiger charge is -2.18. The van der Waals surface area contributed by atoms with Crippen LogP contribution in [0.15, 0.2) is 231 Å². The largest absolute Gasteiger partial charge is 0.309 e. The fourth-order valence-electron chi connectivity index (χ4n) is 10.3. The Bertz CT molecular complexity index is 3850. The van der Waals surface area contributed by atoms with Crippen LogP contribution in [0.4, 0.5) is 0 Å². The summed E-state index contributed by atoms with van der Waals surface area (Å²) in [6.45, 7) is 0. The highest BCUT2D eigenvalue weighted by atomic mass is 15.0. The molecule has 9 aromatic carbocycles. The zero-order chi connectivity index (χ0) is 45.0. The summed E-state index contributed by atoms with van der Waals surface area (Å²) in [6, 6.07) is 79.8. The van der Waals surface area contributed by atoms with E-state index in [-0.39, 0.29) is 0 Å². The van der Waals surface area contributed by atoms with Crippen LogP contribution >= 0.6 is 0 Å². The smallest absolute Gasteiger partial charge is 0.164 e. The van der Waals surface area contributed by atoms with E-state index in [1.807, 2.05) is 6.07 Å². The first kappa shape index (κ1) is 39.4. The standard InChI is InChI=1S/C63H43N5/c1-4-19-42(20-5-1)45-25-18-26-46(39-45)61-64-62(47-36-38-59(54(40-47)44-23-8-3-9-24-44)67-55-31-14-10-27-50(55)51-28-11-15-32-56(51)67)66-63(65-61)48-35-37-49(43-21-6-2-7-22-43)60(41-48)68-57-33-16-12-29-52(57)53-30-13-17-34-58(53)68/h1-10,12-27,29-41H,11,28H2. The Morgan fingerprint density at radius 3 is 1.46 bits per heavy atom. The summed E-state index contributed by atoms with van der Waals surface area (Å²) in [6.07, 6.45) is 6.66. The van der Waals surface area contributed by atoms with Gasteiger partial charge in [0.1, 0.15) is 0 Å². The Labute approximate surface area is 394 Å². The molecule has 0 saturated carbocycles. The van der Waals surface area contributed by atoms with E-state index in [1.165, 1.54) is 32.9 Å². The van der Waals surface area contributed by atoms with Crippen molar-refractivity contribution in [2.75, 3.05) is 0 Å². The number of aromatic nitrogens is 5. The molecule has 0 bridgehead atoms. The minimum atomic E-state index is 0.595. The maximum atomic E-state index is 5.43. The quantitative estimate of drug-likeness (QED) is 0.153. The Kier molecular flexibility index (Phi) is 9.57. The first-order chi connectivity index (χ1) is 33.7. The van der Waals surface area contributed by atoms with Gasteiger partial charge in [-0.2, -0.15) is 0 Å². The van der Waals surface area contributed by atoms with Gasteiger partial charge in [0.25, 0.3) is 0 Å². The Balaban J connectivity index is 1.05.